The van der Waals surface area contributed by atoms with Crippen LogP contribution in [-0.4, -0.2) is 72.4 Å². The molecule has 32 heavy (non-hydrogen) atoms. The number of aromatic nitrogens is 1. The number of carboxylic acids is 1. The summed E-state index contributed by atoms with van der Waals surface area (Å²) in [7, 11) is 0. The number of halogens is 3. The van der Waals surface area contributed by atoms with E-state index in [-0.39, 0.29) is 11.3 Å². The SMILES string of the molecule is Cc1ccc(C(=O)N2CCOCC3(CCN(c4ccccn4)C3)C2)o1.O=C(O)C(F)(F)F. The van der Waals surface area contributed by atoms with Crippen molar-refractivity contribution in [3.8, 4) is 0 Å². The van der Waals surface area contributed by atoms with E-state index in [1.54, 1.807) is 6.07 Å². The largest absolute Gasteiger partial charge is 0.490 e. The van der Waals surface area contributed by atoms with Gasteiger partial charge in [-0.3, -0.25) is 4.79 Å². The third kappa shape index (κ3) is 5.78. The zero-order valence-corrected chi connectivity index (χ0v) is 17.5. The highest BCUT2D eigenvalue weighted by atomic mass is 19.4. The highest BCUT2D eigenvalue weighted by molar-refractivity contribution is 5.91. The van der Waals surface area contributed by atoms with Crippen LogP contribution >= 0.6 is 0 Å². The Labute approximate surface area is 182 Å². The third-order valence-electron chi connectivity index (χ3n) is 5.33. The van der Waals surface area contributed by atoms with Crippen molar-refractivity contribution in [2.45, 2.75) is 19.5 Å². The summed E-state index contributed by atoms with van der Waals surface area (Å²) < 4.78 is 43.1. The summed E-state index contributed by atoms with van der Waals surface area (Å²) in [6.07, 6.45) is -2.27. The molecule has 0 aliphatic carbocycles. The van der Waals surface area contributed by atoms with Gasteiger partial charge in [-0.2, -0.15) is 13.2 Å². The van der Waals surface area contributed by atoms with Gasteiger partial charge in [0.25, 0.3) is 5.91 Å². The van der Waals surface area contributed by atoms with Gasteiger partial charge in [-0.15, -0.1) is 0 Å². The summed E-state index contributed by atoms with van der Waals surface area (Å²) in [6, 6.07) is 9.55. The number of aliphatic carboxylic acids is 1. The van der Waals surface area contributed by atoms with Crippen molar-refractivity contribution in [1.29, 1.82) is 0 Å². The Morgan fingerprint density at radius 1 is 1.16 bits per heavy atom. The molecule has 8 nitrogen and oxygen atoms in total. The van der Waals surface area contributed by atoms with Gasteiger partial charge in [-0.1, -0.05) is 6.07 Å². The van der Waals surface area contributed by atoms with E-state index in [1.165, 1.54) is 0 Å². The van der Waals surface area contributed by atoms with Gasteiger partial charge in [0.1, 0.15) is 11.6 Å². The van der Waals surface area contributed by atoms with Crippen LogP contribution in [0.3, 0.4) is 0 Å². The summed E-state index contributed by atoms with van der Waals surface area (Å²) in [5.74, 6) is -0.648. The number of pyridine rings is 1. The number of furan rings is 1. The fourth-order valence-corrected chi connectivity index (χ4v) is 3.79. The number of rotatable bonds is 2. The van der Waals surface area contributed by atoms with Crippen LogP contribution in [0.5, 0.6) is 0 Å². The van der Waals surface area contributed by atoms with Crippen LogP contribution < -0.4 is 4.90 Å². The second-order valence-electron chi connectivity index (χ2n) is 7.85. The van der Waals surface area contributed by atoms with E-state index in [0.29, 0.717) is 32.1 Å². The number of hydrogen-bond acceptors (Lipinski definition) is 6. The molecule has 2 aromatic heterocycles. The number of alkyl halides is 3. The monoisotopic (exact) mass is 455 g/mol. The van der Waals surface area contributed by atoms with Crippen LogP contribution in [0.1, 0.15) is 22.7 Å². The molecule has 1 unspecified atom stereocenters. The molecule has 0 bridgehead atoms. The van der Waals surface area contributed by atoms with Gasteiger partial charge in [0.05, 0.1) is 13.2 Å². The molecule has 1 spiro atoms. The standard InChI is InChI=1S/C19H23N3O3.C2HF3O2/c1-15-5-6-16(25-15)18(23)22-10-11-24-14-19(13-22)7-9-21(12-19)17-4-2-3-8-20-17;3-2(4,5)1(6)7/h2-6,8H,7,9-14H2,1H3;(H,6,7). The lowest BCUT2D eigenvalue weighted by atomic mass is 9.87. The van der Waals surface area contributed by atoms with Gasteiger partial charge < -0.3 is 24.1 Å². The van der Waals surface area contributed by atoms with Crippen molar-refractivity contribution in [3.63, 3.8) is 0 Å². The molecule has 0 radical (unpaired) electrons. The fourth-order valence-electron chi connectivity index (χ4n) is 3.79. The first-order valence-electron chi connectivity index (χ1n) is 9.99. The minimum atomic E-state index is -5.08. The topological polar surface area (TPSA) is 96.1 Å². The van der Waals surface area contributed by atoms with Crippen molar-refractivity contribution < 1.29 is 37.0 Å². The molecular weight excluding hydrogens is 431 g/mol. The summed E-state index contributed by atoms with van der Waals surface area (Å²) >= 11 is 0. The molecule has 1 N–H and O–H groups in total. The van der Waals surface area contributed by atoms with Gasteiger partial charge in [-0.25, -0.2) is 9.78 Å². The molecule has 1 amide bonds. The molecule has 2 aromatic rings. The van der Waals surface area contributed by atoms with E-state index >= 15 is 0 Å². The van der Waals surface area contributed by atoms with Crippen LogP contribution in [0.15, 0.2) is 40.9 Å². The molecule has 174 valence electrons. The number of carbonyl (C=O) groups excluding carboxylic acids is 1. The number of carboxylic acid groups (broad SMARTS) is 1. The number of anilines is 1. The number of aryl methyl sites for hydroxylation is 1. The molecule has 1 atom stereocenters. The Morgan fingerprint density at radius 3 is 2.50 bits per heavy atom. The van der Waals surface area contributed by atoms with Gasteiger partial charge in [0.15, 0.2) is 5.76 Å². The Kier molecular flexibility index (Phi) is 7.07. The minimum Gasteiger partial charge on any atom is -0.475 e. The van der Waals surface area contributed by atoms with Crippen LogP contribution in [0.4, 0.5) is 19.0 Å². The van der Waals surface area contributed by atoms with Gasteiger partial charge in [0.2, 0.25) is 0 Å². The lowest BCUT2D eigenvalue weighted by molar-refractivity contribution is -0.192. The maximum Gasteiger partial charge on any atom is 0.490 e. The van der Waals surface area contributed by atoms with E-state index in [0.717, 1.165) is 31.1 Å². The van der Waals surface area contributed by atoms with E-state index in [1.807, 2.05) is 42.3 Å². The molecule has 11 heteroatoms. The first-order chi connectivity index (χ1) is 15.1. The van der Waals surface area contributed by atoms with Crippen molar-refractivity contribution in [3.05, 3.63) is 48.0 Å². The zero-order valence-electron chi connectivity index (χ0n) is 17.5. The van der Waals surface area contributed by atoms with Crippen molar-refractivity contribution >= 4 is 17.7 Å². The zero-order chi connectivity index (χ0) is 23.4. The maximum absolute atomic E-state index is 12.8. The van der Waals surface area contributed by atoms with E-state index in [2.05, 4.69) is 9.88 Å². The van der Waals surface area contributed by atoms with E-state index < -0.39 is 12.1 Å². The fraction of sp³-hybridized carbons (Fsp3) is 0.476. The average Bonchev–Trinajstić information content (AvgIpc) is 3.30. The first-order valence-corrected chi connectivity index (χ1v) is 9.99. The molecule has 0 saturated carbocycles. The first kappa shape index (κ1) is 23.6. The second kappa shape index (κ2) is 9.60. The summed E-state index contributed by atoms with van der Waals surface area (Å²) in [5.41, 5.74) is -0.0503. The van der Waals surface area contributed by atoms with Gasteiger partial charge in [-0.05, 0) is 37.6 Å². The molecule has 2 aliphatic heterocycles. The normalized spacial score (nSPS) is 21.1. The predicted octanol–water partition coefficient (Wildman–Crippen LogP) is 2.99. The second-order valence-corrected chi connectivity index (χ2v) is 7.85. The van der Waals surface area contributed by atoms with Crippen LogP contribution in [0.25, 0.3) is 0 Å². The highest BCUT2D eigenvalue weighted by Crippen LogP contribution is 2.35. The Bertz CT molecular complexity index is 934. The smallest absolute Gasteiger partial charge is 0.475 e. The van der Waals surface area contributed by atoms with Crippen LogP contribution in [-0.2, 0) is 9.53 Å². The molecular formula is C21H24F3N3O5. The molecule has 2 fully saturated rings. The molecule has 0 aromatic carbocycles. The van der Waals surface area contributed by atoms with Crippen molar-refractivity contribution in [2.24, 2.45) is 5.41 Å². The quantitative estimate of drug-likeness (QED) is 0.744. The average molecular weight is 455 g/mol. The lowest BCUT2D eigenvalue weighted by Crippen LogP contribution is -2.43. The lowest BCUT2D eigenvalue weighted by Gasteiger charge is -2.31. The van der Waals surface area contributed by atoms with Crippen LogP contribution in [0.2, 0.25) is 0 Å². The Hall–Kier alpha value is -3.08. The molecule has 4 heterocycles. The number of hydrogen-bond donors (Lipinski definition) is 1. The highest BCUT2D eigenvalue weighted by Gasteiger charge is 2.43. The molecule has 4 rings (SSSR count). The summed E-state index contributed by atoms with van der Waals surface area (Å²) in [4.78, 5) is 30.3. The van der Waals surface area contributed by atoms with E-state index in [4.69, 9.17) is 19.1 Å². The predicted molar refractivity (Wildman–Crippen MR) is 107 cm³/mol. The van der Waals surface area contributed by atoms with Gasteiger partial charge >= 0.3 is 12.1 Å². The summed E-state index contributed by atoms with van der Waals surface area (Å²) in [5, 5.41) is 7.12. The van der Waals surface area contributed by atoms with Crippen molar-refractivity contribution in [1.82, 2.24) is 9.88 Å². The maximum atomic E-state index is 12.8. The molecule has 2 aliphatic rings. The Balaban J connectivity index is 0.000000360. The third-order valence-corrected chi connectivity index (χ3v) is 5.33. The van der Waals surface area contributed by atoms with Crippen molar-refractivity contribution in [2.75, 3.05) is 44.3 Å². The minimum absolute atomic E-state index is 0.0470. The number of nitrogens with zero attached hydrogens (tertiary/aromatic N) is 3. The van der Waals surface area contributed by atoms with Gasteiger partial charge in [0, 0.05) is 37.8 Å². The molecule has 2 saturated heterocycles. The summed E-state index contributed by atoms with van der Waals surface area (Å²) in [6.45, 7) is 6.17. The Morgan fingerprint density at radius 2 is 1.91 bits per heavy atom. The number of ether oxygens (including phenoxy) is 1. The van der Waals surface area contributed by atoms with Crippen LogP contribution in [0, 0.1) is 12.3 Å². The number of carbonyl (C=O) groups is 2. The number of amides is 1. The van der Waals surface area contributed by atoms with E-state index in [9.17, 15) is 18.0 Å².